The highest BCUT2D eigenvalue weighted by atomic mass is 35.5. The summed E-state index contributed by atoms with van der Waals surface area (Å²) in [5.41, 5.74) is 3.04. The van der Waals surface area contributed by atoms with Crippen molar-refractivity contribution in [3.05, 3.63) is 40.6 Å². The lowest BCUT2D eigenvalue weighted by molar-refractivity contribution is -0.131. The van der Waals surface area contributed by atoms with Crippen LogP contribution in [0.3, 0.4) is 0 Å². The van der Waals surface area contributed by atoms with Crippen LogP contribution in [-0.4, -0.2) is 15.6 Å². The van der Waals surface area contributed by atoms with Gasteiger partial charge in [-0.15, -0.1) is 0 Å². The van der Waals surface area contributed by atoms with E-state index in [-0.39, 0.29) is 0 Å². The van der Waals surface area contributed by atoms with E-state index < -0.39 is 5.97 Å². The van der Waals surface area contributed by atoms with Crippen molar-refractivity contribution in [3.63, 3.8) is 0 Å². The van der Waals surface area contributed by atoms with Crippen molar-refractivity contribution in [1.82, 2.24) is 4.57 Å². The molecule has 0 aliphatic rings. The summed E-state index contributed by atoms with van der Waals surface area (Å²) in [7, 11) is 0. The molecule has 0 saturated carbocycles. The molecule has 1 aromatic carbocycles. The maximum absolute atomic E-state index is 10.6. The average molecular weight is 264 g/mol. The molecule has 0 unspecified atom stereocenters. The van der Waals surface area contributed by atoms with Gasteiger partial charge in [-0.25, -0.2) is 4.79 Å². The number of aromatic nitrogens is 1. The SMILES string of the molecule is CCn1c(/C=C/C(=O)O)c(C)c2cc(Cl)ccc21. The summed E-state index contributed by atoms with van der Waals surface area (Å²) in [5.74, 6) is -0.944. The van der Waals surface area contributed by atoms with Gasteiger partial charge in [0, 0.05) is 34.2 Å². The summed E-state index contributed by atoms with van der Waals surface area (Å²) in [6.07, 6.45) is 2.80. The van der Waals surface area contributed by atoms with Crippen LogP contribution in [-0.2, 0) is 11.3 Å². The number of rotatable bonds is 3. The standard InChI is InChI=1S/C14H14ClNO2/c1-3-16-12(6-7-14(17)18)9(2)11-8-10(15)4-5-13(11)16/h4-8H,3H2,1-2H3,(H,17,18)/b7-6+. The second-order valence-corrected chi connectivity index (χ2v) is 4.52. The van der Waals surface area contributed by atoms with E-state index in [0.717, 1.165) is 34.8 Å². The number of halogens is 1. The number of carboxylic acid groups (broad SMARTS) is 1. The van der Waals surface area contributed by atoms with Crippen LogP contribution in [0, 0.1) is 6.92 Å². The highest BCUT2D eigenvalue weighted by Gasteiger charge is 2.11. The van der Waals surface area contributed by atoms with Gasteiger partial charge < -0.3 is 9.67 Å². The van der Waals surface area contributed by atoms with Crippen LogP contribution in [0.5, 0.6) is 0 Å². The first kappa shape index (κ1) is 12.7. The fourth-order valence-corrected chi connectivity index (χ4v) is 2.39. The Hall–Kier alpha value is -1.74. The largest absolute Gasteiger partial charge is 0.478 e. The molecule has 0 fully saturated rings. The van der Waals surface area contributed by atoms with Crippen LogP contribution in [0.25, 0.3) is 17.0 Å². The summed E-state index contributed by atoms with van der Waals surface area (Å²) in [5, 5.41) is 10.5. The van der Waals surface area contributed by atoms with Gasteiger partial charge in [-0.1, -0.05) is 11.6 Å². The highest BCUT2D eigenvalue weighted by molar-refractivity contribution is 6.31. The third-order valence-corrected chi connectivity index (χ3v) is 3.26. The molecule has 2 rings (SSSR count). The molecule has 0 bridgehead atoms. The number of fused-ring (bicyclic) bond motifs is 1. The number of hydrogen-bond acceptors (Lipinski definition) is 1. The lowest BCUT2D eigenvalue weighted by Crippen LogP contribution is -1.97. The minimum atomic E-state index is -0.944. The zero-order valence-corrected chi connectivity index (χ0v) is 11.0. The number of hydrogen-bond donors (Lipinski definition) is 1. The normalized spacial score (nSPS) is 11.5. The first-order valence-electron chi connectivity index (χ1n) is 5.74. The highest BCUT2D eigenvalue weighted by Crippen LogP contribution is 2.29. The van der Waals surface area contributed by atoms with Crippen molar-refractivity contribution < 1.29 is 9.90 Å². The molecule has 1 aromatic heterocycles. The Morgan fingerprint density at radius 3 is 2.83 bits per heavy atom. The topological polar surface area (TPSA) is 42.2 Å². The summed E-state index contributed by atoms with van der Waals surface area (Å²) in [6, 6.07) is 5.73. The van der Waals surface area contributed by atoms with Crippen molar-refractivity contribution >= 4 is 34.5 Å². The summed E-state index contributed by atoms with van der Waals surface area (Å²) >= 11 is 6.00. The maximum Gasteiger partial charge on any atom is 0.328 e. The molecule has 2 aromatic rings. The van der Waals surface area contributed by atoms with Crippen LogP contribution in [0.15, 0.2) is 24.3 Å². The molecule has 0 radical (unpaired) electrons. The Morgan fingerprint density at radius 1 is 1.50 bits per heavy atom. The smallest absolute Gasteiger partial charge is 0.328 e. The van der Waals surface area contributed by atoms with Gasteiger partial charge >= 0.3 is 5.97 Å². The Morgan fingerprint density at radius 2 is 2.22 bits per heavy atom. The van der Waals surface area contributed by atoms with Gasteiger partial charge in [0.1, 0.15) is 0 Å². The molecular weight excluding hydrogens is 250 g/mol. The number of aryl methyl sites for hydroxylation is 2. The fourth-order valence-electron chi connectivity index (χ4n) is 2.22. The summed E-state index contributed by atoms with van der Waals surface area (Å²) in [4.78, 5) is 10.6. The minimum absolute atomic E-state index is 0.688. The molecule has 0 aliphatic carbocycles. The molecule has 0 spiro atoms. The predicted octanol–water partition coefficient (Wildman–Crippen LogP) is 3.72. The first-order chi connectivity index (χ1) is 8.54. The van der Waals surface area contributed by atoms with Gasteiger partial charge in [-0.05, 0) is 43.7 Å². The van der Waals surface area contributed by atoms with Crippen molar-refractivity contribution in [2.75, 3.05) is 0 Å². The summed E-state index contributed by atoms with van der Waals surface area (Å²) in [6.45, 7) is 4.79. The van der Waals surface area contributed by atoms with E-state index in [2.05, 4.69) is 4.57 Å². The number of aliphatic carboxylic acids is 1. The molecule has 0 saturated heterocycles. The third kappa shape index (κ3) is 2.14. The van der Waals surface area contributed by atoms with Crippen LogP contribution < -0.4 is 0 Å². The van der Waals surface area contributed by atoms with E-state index in [1.807, 2.05) is 32.0 Å². The number of benzene rings is 1. The van der Waals surface area contributed by atoms with Crippen molar-refractivity contribution in [3.8, 4) is 0 Å². The van der Waals surface area contributed by atoms with Crippen LogP contribution in [0.4, 0.5) is 0 Å². The van der Waals surface area contributed by atoms with Crippen molar-refractivity contribution in [2.45, 2.75) is 20.4 Å². The van der Waals surface area contributed by atoms with E-state index in [9.17, 15) is 4.79 Å². The Kier molecular flexibility index (Phi) is 3.43. The Labute approximate surface area is 110 Å². The van der Waals surface area contributed by atoms with Crippen molar-refractivity contribution in [2.24, 2.45) is 0 Å². The van der Waals surface area contributed by atoms with Gasteiger partial charge in [0.25, 0.3) is 0 Å². The van der Waals surface area contributed by atoms with Crippen LogP contribution in [0.1, 0.15) is 18.2 Å². The molecule has 0 atom stereocenters. The zero-order chi connectivity index (χ0) is 13.3. The molecule has 0 aliphatic heterocycles. The molecule has 94 valence electrons. The van der Waals surface area contributed by atoms with Crippen LogP contribution in [0.2, 0.25) is 5.02 Å². The second-order valence-electron chi connectivity index (χ2n) is 4.09. The molecule has 4 heteroatoms. The third-order valence-electron chi connectivity index (χ3n) is 3.03. The molecule has 1 heterocycles. The fraction of sp³-hybridized carbons (Fsp3) is 0.214. The van der Waals surface area contributed by atoms with E-state index in [0.29, 0.717) is 5.02 Å². The van der Waals surface area contributed by atoms with E-state index in [1.54, 1.807) is 6.08 Å². The molecular formula is C14H14ClNO2. The Bertz CT molecular complexity index is 641. The molecule has 3 nitrogen and oxygen atoms in total. The van der Waals surface area contributed by atoms with Gasteiger partial charge in [0.15, 0.2) is 0 Å². The van der Waals surface area contributed by atoms with Crippen molar-refractivity contribution in [1.29, 1.82) is 0 Å². The van der Waals surface area contributed by atoms with Gasteiger partial charge in [-0.2, -0.15) is 0 Å². The number of carbonyl (C=O) groups is 1. The van der Waals surface area contributed by atoms with Gasteiger partial charge in [-0.3, -0.25) is 0 Å². The lowest BCUT2D eigenvalue weighted by Gasteiger charge is -2.04. The summed E-state index contributed by atoms with van der Waals surface area (Å²) < 4.78 is 2.08. The predicted molar refractivity (Wildman–Crippen MR) is 74.0 cm³/mol. The number of nitrogens with zero attached hydrogens (tertiary/aromatic N) is 1. The first-order valence-corrected chi connectivity index (χ1v) is 6.11. The maximum atomic E-state index is 10.6. The molecule has 0 amide bonds. The Balaban J connectivity index is 2.72. The molecule has 18 heavy (non-hydrogen) atoms. The van der Waals surface area contributed by atoms with E-state index in [4.69, 9.17) is 16.7 Å². The van der Waals surface area contributed by atoms with Crippen LogP contribution >= 0.6 is 11.6 Å². The van der Waals surface area contributed by atoms with E-state index in [1.165, 1.54) is 0 Å². The number of carboxylic acids is 1. The zero-order valence-electron chi connectivity index (χ0n) is 10.3. The second kappa shape index (κ2) is 4.86. The average Bonchev–Trinajstić information content (AvgIpc) is 2.59. The van der Waals surface area contributed by atoms with Gasteiger partial charge in [0.05, 0.1) is 0 Å². The van der Waals surface area contributed by atoms with E-state index >= 15 is 0 Å². The molecule has 1 N–H and O–H groups in total. The lowest BCUT2D eigenvalue weighted by atomic mass is 10.1. The monoisotopic (exact) mass is 263 g/mol. The minimum Gasteiger partial charge on any atom is -0.478 e. The quantitative estimate of drug-likeness (QED) is 0.858. The van der Waals surface area contributed by atoms with Gasteiger partial charge in [0.2, 0.25) is 0 Å².